The number of nitrogens with zero attached hydrogens (tertiary/aromatic N) is 1. The van der Waals surface area contributed by atoms with Crippen molar-refractivity contribution in [2.45, 2.75) is 25.7 Å². The van der Waals surface area contributed by atoms with Crippen molar-refractivity contribution in [1.29, 1.82) is 0 Å². The molecule has 3 heteroatoms. The van der Waals surface area contributed by atoms with Gasteiger partial charge in [-0.2, -0.15) is 0 Å². The highest BCUT2D eigenvalue weighted by Gasteiger charge is 2.34. The first-order chi connectivity index (χ1) is 7.77. The third-order valence-corrected chi connectivity index (χ3v) is 3.53. The average molecular weight is 214 g/mol. The monoisotopic (exact) mass is 214 g/mol. The molecule has 1 atom stereocenters. The zero-order valence-electron chi connectivity index (χ0n) is 9.07. The molecule has 0 spiro atoms. The Morgan fingerprint density at radius 1 is 1.44 bits per heavy atom. The Hall–Kier alpha value is -1.64. The number of aliphatic imine (C=N–C) groups is 1. The summed E-state index contributed by atoms with van der Waals surface area (Å²) in [6.07, 6.45) is 10.1. The van der Waals surface area contributed by atoms with Gasteiger partial charge in [0.25, 0.3) is 0 Å². The Morgan fingerprint density at radius 2 is 2.31 bits per heavy atom. The van der Waals surface area contributed by atoms with E-state index in [2.05, 4.69) is 11.1 Å². The van der Waals surface area contributed by atoms with Crippen LogP contribution in [0.2, 0.25) is 0 Å². The van der Waals surface area contributed by atoms with E-state index in [0.717, 1.165) is 37.1 Å². The van der Waals surface area contributed by atoms with Crippen molar-refractivity contribution in [3.63, 3.8) is 0 Å². The van der Waals surface area contributed by atoms with Crippen LogP contribution >= 0.6 is 0 Å². The first-order valence-corrected chi connectivity index (χ1v) is 5.75. The highest BCUT2D eigenvalue weighted by Crippen LogP contribution is 2.39. The average Bonchev–Trinajstić information content (AvgIpc) is 2.67. The molecule has 1 fully saturated rings. The van der Waals surface area contributed by atoms with Crippen LogP contribution in [-0.2, 0) is 4.79 Å². The van der Waals surface area contributed by atoms with Gasteiger partial charge in [-0.1, -0.05) is 12.2 Å². The molecular weight excluding hydrogens is 200 g/mol. The number of amides is 1. The molecule has 0 bridgehead atoms. The third-order valence-electron chi connectivity index (χ3n) is 3.53. The highest BCUT2D eigenvalue weighted by atomic mass is 16.1. The topological polar surface area (TPSA) is 55.5 Å². The maximum atomic E-state index is 11.4. The van der Waals surface area contributed by atoms with Gasteiger partial charge in [-0.3, -0.25) is 9.79 Å². The van der Waals surface area contributed by atoms with Crippen LogP contribution in [0.1, 0.15) is 25.7 Å². The first-order valence-electron chi connectivity index (χ1n) is 5.75. The molecule has 1 aliphatic heterocycles. The van der Waals surface area contributed by atoms with Gasteiger partial charge in [0.05, 0.1) is 17.3 Å². The van der Waals surface area contributed by atoms with Gasteiger partial charge in [0.15, 0.2) is 0 Å². The molecule has 1 saturated carbocycles. The maximum Gasteiger partial charge on any atom is 0.226 e. The Kier molecular flexibility index (Phi) is 2.06. The summed E-state index contributed by atoms with van der Waals surface area (Å²) in [4.78, 5) is 16.0. The summed E-state index contributed by atoms with van der Waals surface area (Å²) in [5, 5.41) is 0. The second-order valence-corrected chi connectivity index (χ2v) is 4.49. The Labute approximate surface area is 94.4 Å². The SMILES string of the molecule is NC(=O)C1CCCC2=C3CC=CC=C3N=C21. The minimum atomic E-state index is -0.233. The van der Waals surface area contributed by atoms with Crippen molar-refractivity contribution >= 4 is 11.6 Å². The molecule has 3 aliphatic rings. The van der Waals surface area contributed by atoms with Crippen LogP contribution < -0.4 is 5.73 Å². The van der Waals surface area contributed by atoms with E-state index >= 15 is 0 Å². The van der Waals surface area contributed by atoms with Crippen molar-refractivity contribution in [2.24, 2.45) is 16.6 Å². The molecule has 82 valence electrons. The van der Waals surface area contributed by atoms with Crippen molar-refractivity contribution in [3.8, 4) is 0 Å². The van der Waals surface area contributed by atoms with Crippen molar-refractivity contribution in [2.75, 3.05) is 0 Å². The number of rotatable bonds is 1. The predicted octanol–water partition coefficient (Wildman–Crippen LogP) is 1.87. The van der Waals surface area contributed by atoms with E-state index in [-0.39, 0.29) is 11.8 Å². The molecule has 2 aliphatic carbocycles. The molecule has 1 unspecified atom stereocenters. The molecule has 0 aromatic heterocycles. The van der Waals surface area contributed by atoms with Crippen LogP contribution in [0.4, 0.5) is 0 Å². The third kappa shape index (κ3) is 1.28. The zero-order valence-corrected chi connectivity index (χ0v) is 9.07. The molecule has 0 aromatic carbocycles. The Bertz CT molecular complexity index is 480. The molecule has 1 heterocycles. The highest BCUT2D eigenvalue weighted by molar-refractivity contribution is 6.16. The minimum Gasteiger partial charge on any atom is -0.369 e. The van der Waals surface area contributed by atoms with E-state index in [0.29, 0.717) is 0 Å². The molecular formula is C13H14N2O. The summed E-state index contributed by atoms with van der Waals surface area (Å²) in [5.74, 6) is -0.397. The number of hydrogen-bond acceptors (Lipinski definition) is 2. The van der Waals surface area contributed by atoms with Gasteiger partial charge in [-0.25, -0.2) is 0 Å². The van der Waals surface area contributed by atoms with Gasteiger partial charge in [-0.15, -0.1) is 0 Å². The molecule has 3 rings (SSSR count). The quantitative estimate of drug-likeness (QED) is 0.711. The van der Waals surface area contributed by atoms with Gasteiger partial charge >= 0.3 is 0 Å². The minimum absolute atomic E-state index is 0.164. The normalized spacial score (nSPS) is 27.1. The molecule has 1 amide bonds. The molecule has 0 saturated heterocycles. The molecule has 3 nitrogen and oxygen atoms in total. The lowest BCUT2D eigenvalue weighted by atomic mass is 9.81. The second-order valence-electron chi connectivity index (χ2n) is 4.49. The van der Waals surface area contributed by atoms with E-state index in [4.69, 9.17) is 5.73 Å². The van der Waals surface area contributed by atoms with Gasteiger partial charge in [0, 0.05) is 0 Å². The van der Waals surface area contributed by atoms with E-state index in [9.17, 15) is 4.79 Å². The van der Waals surface area contributed by atoms with Crippen LogP contribution in [0.5, 0.6) is 0 Å². The summed E-state index contributed by atoms with van der Waals surface area (Å²) in [7, 11) is 0. The largest absolute Gasteiger partial charge is 0.369 e. The number of primary amides is 1. The number of carbonyl (C=O) groups excluding carboxylic acids is 1. The Balaban J connectivity index is 2.07. The van der Waals surface area contributed by atoms with Gasteiger partial charge in [-0.05, 0) is 42.9 Å². The number of hydrogen-bond donors (Lipinski definition) is 1. The summed E-state index contributed by atoms with van der Waals surface area (Å²) >= 11 is 0. The lowest BCUT2D eigenvalue weighted by molar-refractivity contribution is -0.120. The van der Waals surface area contributed by atoms with Gasteiger partial charge in [0.2, 0.25) is 5.91 Å². The number of allylic oxidation sites excluding steroid dienone is 5. The summed E-state index contributed by atoms with van der Waals surface area (Å²) < 4.78 is 0. The van der Waals surface area contributed by atoms with Crippen LogP contribution in [0.3, 0.4) is 0 Å². The molecule has 0 aromatic rings. The lowest BCUT2D eigenvalue weighted by Gasteiger charge is -2.22. The van der Waals surface area contributed by atoms with E-state index in [1.165, 1.54) is 11.1 Å². The molecule has 16 heavy (non-hydrogen) atoms. The smallest absolute Gasteiger partial charge is 0.226 e. The fourth-order valence-corrected chi connectivity index (χ4v) is 2.75. The number of carbonyl (C=O) groups is 1. The summed E-state index contributed by atoms with van der Waals surface area (Å²) in [6.45, 7) is 0. The van der Waals surface area contributed by atoms with Crippen LogP contribution in [0.25, 0.3) is 0 Å². The zero-order chi connectivity index (χ0) is 11.1. The second kappa shape index (κ2) is 3.44. The van der Waals surface area contributed by atoms with E-state index in [1.807, 2.05) is 12.2 Å². The summed E-state index contributed by atoms with van der Waals surface area (Å²) in [5.41, 5.74) is 10.0. The van der Waals surface area contributed by atoms with E-state index < -0.39 is 0 Å². The van der Waals surface area contributed by atoms with Crippen LogP contribution in [0.15, 0.2) is 40.1 Å². The predicted molar refractivity (Wildman–Crippen MR) is 62.8 cm³/mol. The first kappa shape index (κ1) is 9.58. The van der Waals surface area contributed by atoms with Crippen LogP contribution in [0, 0.1) is 5.92 Å². The van der Waals surface area contributed by atoms with Gasteiger partial charge in [0.1, 0.15) is 0 Å². The standard InChI is InChI=1S/C13H14N2O/c14-13(16)10-6-3-5-9-8-4-1-2-7-11(8)15-12(9)10/h1-2,7,10H,3-6H2,(H2,14,16). The molecule has 0 radical (unpaired) electrons. The maximum absolute atomic E-state index is 11.4. The summed E-state index contributed by atoms with van der Waals surface area (Å²) in [6, 6.07) is 0. The number of fused-ring (bicyclic) bond motifs is 2. The Morgan fingerprint density at radius 3 is 3.12 bits per heavy atom. The van der Waals surface area contributed by atoms with E-state index in [1.54, 1.807) is 0 Å². The fourth-order valence-electron chi connectivity index (χ4n) is 2.75. The fraction of sp³-hybridized carbons (Fsp3) is 0.385. The van der Waals surface area contributed by atoms with Crippen molar-refractivity contribution < 1.29 is 4.79 Å². The van der Waals surface area contributed by atoms with Crippen molar-refractivity contribution in [3.05, 3.63) is 35.1 Å². The van der Waals surface area contributed by atoms with Gasteiger partial charge < -0.3 is 5.73 Å². The molecule has 2 N–H and O–H groups in total. The van der Waals surface area contributed by atoms with Crippen molar-refractivity contribution in [1.82, 2.24) is 0 Å². The lowest BCUT2D eigenvalue weighted by Crippen LogP contribution is -2.33. The van der Waals surface area contributed by atoms with Crippen LogP contribution in [-0.4, -0.2) is 11.6 Å². The number of nitrogens with two attached hydrogens (primary N) is 1.